The molecule has 3 heteroatoms. The van der Waals surface area contributed by atoms with Crippen LogP contribution in [0.2, 0.25) is 0 Å². The molecule has 0 radical (unpaired) electrons. The third-order valence-electron chi connectivity index (χ3n) is 11.5. The van der Waals surface area contributed by atoms with Gasteiger partial charge in [0.15, 0.2) is 0 Å². The van der Waals surface area contributed by atoms with Gasteiger partial charge in [-0.15, -0.1) is 0 Å². The van der Waals surface area contributed by atoms with Gasteiger partial charge in [-0.25, -0.2) is 0 Å². The first-order chi connectivity index (χ1) is 14.9. The summed E-state index contributed by atoms with van der Waals surface area (Å²) in [5.41, 5.74) is 4.48. The van der Waals surface area contributed by atoms with Crippen molar-refractivity contribution in [1.29, 1.82) is 0 Å². The number of fused-ring (bicyclic) bond motifs is 4. The second kappa shape index (κ2) is 7.98. The summed E-state index contributed by atoms with van der Waals surface area (Å²) >= 11 is 0. The highest BCUT2D eigenvalue weighted by Crippen LogP contribution is 2.72. The van der Waals surface area contributed by atoms with Crippen molar-refractivity contribution in [2.45, 2.75) is 119 Å². The average molecular weight is 443 g/mol. The van der Waals surface area contributed by atoms with Gasteiger partial charge in [0.2, 0.25) is 0 Å². The monoisotopic (exact) mass is 442 g/mol. The summed E-state index contributed by atoms with van der Waals surface area (Å²) < 4.78 is 5.83. The van der Waals surface area contributed by atoms with Crippen LogP contribution in [0.25, 0.3) is 0 Å². The van der Waals surface area contributed by atoms with Gasteiger partial charge >= 0.3 is 5.97 Å². The van der Waals surface area contributed by atoms with Crippen molar-refractivity contribution in [3.8, 4) is 0 Å². The number of esters is 1. The Labute approximate surface area is 196 Å². The van der Waals surface area contributed by atoms with Gasteiger partial charge in [-0.1, -0.05) is 52.7 Å². The fraction of sp³-hybridized carbons (Fsp3) is 0.862. The first-order valence-corrected chi connectivity index (χ1v) is 13.3. The Morgan fingerprint density at radius 3 is 2.41 bits per heavy atom. The summed E-state index contributed by atoms with van der Waals surface area (Å²) in [5, 5.41) is 0. The number of carbonyl (C=O) groups excluding carboxylic acids is 2. The number of rotatable bonds is 5. The average Bonchev–Trinajstić information content (AvgIpc) is 3.00. The van der Waals surface area contributed by atoms with Gasteiger partial charge in [0, 0.05) is 18.8 Å². The number of aldehydes is 1. The minimum atomic E-state index is -0.135. The summed E-state index contributed by atoms with van der Waals surface area (Å²) in [4.78, 5) is 22.8. The summed E-state index contributed by atoms with van der Waals surface area (Å²) in [6.07, 6.45) is 12.6. The highest BCUT2D eigenvalue weighted by atomic mass is 16.5. The van der Waals surface area contributed by atoms with E-state index in [9.17, 15) is 9.59 Å². The molecule has 4 rings (SSSR count). The van der Waals surface area contributed by atoms with Crippen LogP contribution in [0, 0.1) is 39.4 Å². The van der Waals surface area contributed by atoms with Gasteiger partial charge < -0.3 is 9.53 Å². The second-order valence-corrected chi connectivity index (χ2v) is 13.0. The molecular formula is C29H46O3. The molecule has 4 aliphatic rings. The van der Waals surface area contributed by atoms with Crippen LogP contribution >= 0.6 is 0 Å². The molecule has 0 aromatic rings. The van der Waals surface area contributed by atoms with E-state index >= 15 is 0 Å². The number of carbonyl (C=O) groups is 2. The van der Waals surface area contributed by atoms with E-state index in [1.807, 2.05) is 0 Å². The zero-order valence-electron chi connectivity index (χ0n) is 21.7. The van der Waals surface area contributed by atoms with E-state index < -0.39 is 0 Å². The Bertz CT molecular complexity index is 809. The minimum Gasteiger partial charge on any atom is -0.462 e. The topological polar surface area (TPSA) is 43.4 Å². The van der Waals surface area contributed by atoms with E-state index in [0.717, 1.165) is 31.5 Å². The summed E-state index contributed by atoms with van der Waals surface area (Å²) in [7, 11) is 0. The standard InChI is InChI=1S/C29H46O3/c1-19(9-8-18-30)21-12-16-29(7)23-10-11-24-26(3,4)25(32-20(2)31)14-15-27(24,5)22(23)13-17-28(21,29)6/h18-19,21,24-25H,8-17H2,1-7H3/t19-,21-,24+,25+,27-,28-,29+/m1/s1. The molecule has 32 heavy (non-hydrogen) atoms. The molecule has 7 atom stereocenters. The highest BCUT2D eigenvalue weighted by molar-refractivity contribution is 5.66. The molecule has 2 fully saturated rings. The molecule has 0 spiro atoms. The number of ether oxygens (including phenoxy) is 1. The Balaban J connectivity index is 1.68. The molecule has 0 aromatic carbocycles. The third kappa shape index (κ3) is 3.27. The van der Waals surface area contributed by atoms with Gasteiger partial charge in [-0.2, -0.15) is 0 Å². The Morgan fingerprint density at radius 1 is 1.03 bits per heavy atom. The van der Waals surface area contributed by atoms with E-state index in [-0.39, 0.29) is 22.9 Å². The van der Waals surface area contributed by atoms with E-state index in [1.165, 1.54) is 38.5 Å². The van der Waals surface area contributed by atoms with Crippen LogP contribution in [-0.2, 0) is 14.3 Å². The summed E-state index contributed by atoms with van der Waals surface area (Å²) in [6, 6.07) is 0. The normalized spacial score (nSPS) is 43.7. The molecule has 180 valence electrons. The molecule has 0 N–H and O–H groups in total. The van der Waals surface area contributed by atoms with Gasteiger partial charge in [-0.3, -0.25) is 4.79 Å². The predicted molar refractivity (Wildman–Crippen MR) is 129 cm³/mol. The number of allylic oxidation sites excluding steroid dienone is 2. The SMILES string of the molecule is CC(=O)O[C@H]1CC[C@]2(C)C3=C(CC[C@H]2C1(C)C)[C@]1(C)CC[C@H]([C@H](C)CCC=O)[C@@]1(C)CC3. The van der Waals surface area contributed by atoms with Crippen molar-refractivity contribution in [2.75, 3.05) is 0 Å². The van der Waals surface area contributed by atoms with Crippen LogP contribution in [0.15, 0.2) is 11.1 Å². The lowest BCUT2D eigenvalue weighted by Crippen LogP contribution is -2.55. The van der Waals surface area contributed by atoms with Crippen molar-refractivity contribution in [3.63, 3.8) is 0 Å². The van der Waals surface area contributed by atoms with Crippen molar-refractivity contribution in [1.82, 2.24) is 0 Å². The second-order valence-electron chi connectivity index (χ2n) is 13.0. The minimum absolute atomic E-state index is 0.0143. The van der Waals surface area contributed by atoms with Crippen LogP contribution < -0.4 is 0 Å². The first kappa shape index (κ1) is 24.0. The van der Waals surface area contributed by atoms with E-state index in [0.29, 0.717) is 29.1 Å². The van der Waals surface area contributed by atoms with Crippen LogP contribution in [0.5, 0.6) is 0 Å². The molecule has 0 saturated heterocycles. The van der Waals surface area contributed by atoms with Crippen molar-refractivity contribution >= 4 is 12.3 Å². The number of hydrogen-bond donors (Lipinski definition) is 0. The van der Waals surface area contributed by atoms with Gasteiger partial charge in [0.1, 0.15) is 12.4 Å². The maximum Gasteiger partial charge on any atom is 0.302 e. The van der Waals surface area contributed by atoms with E-state index in [4.69, 9.17) is 4.74 Å². The first-order valence-electron chi connectivity index (χ1n) is 13.3. The van der Waals surface area contributed by atoms with Crippen LogP contribution in [0.3, 0.4) is 0 Å². The Kier molecular flexibility index (Phi) is 5.99. The lowest BCUT2D eigenvalue weighted by atomic mass is 9.43. The van der Waals surface area contributed by atoms with E-state index in [1.54, 1.807) is 18.1 Å². The third-order valence-corrected chi connectivity index (χ3v) is 11.5. The smallest absolute Gasteiger partial charge is 0.302 e. The van der Waals surface area contributed by atoms with Gasteiger partial charge in [-0.05, 0) is 91.8 Å². The molecule has 3 nitrogen and oxygen atoms in total. The zero-order valence-corrected chi connectivity index (χ0v) is 21.7. The quantitative estimate of drug-likeness (QED) is 0.255. The summed E-state index contributed by atoms with van der Waals surface area (Å²) in [6.45, 7) is 16.4. The molecule has 0 heterocycles. The van der Waals surface area contributed by atoms with Crippen molar-refractivity contribution < 1.29 is 14.3 Å². The van der Waals surface area contributed by atoms with Crippen LogP contribution in [0.4, 0.5) is 0 Å². The fourth-order valence-electron chi connectivity index (χ4n) is 9.56. The molecule has 0 unspecified atom stereocenters. The maximum atomic E-state index is 11.8. The molecular weight excluding hydrogens is 396 g/mol. The predicted octanol–water partition coefficient (Wildman–Crippen LogP) is 7.28. The van der Waals surface area contributed by atoms with E-state index in [2.05, 4.69) is 41.5 Å². The Hall–Kier alpha value is -1.12. The largest absolute Gasteiger partial charge is 0.462 e. The molecule has 0 bridgehead atoms. The van der Waals surface area contributed by atoms with Crippen molar-refractivity contribution in [2.24, 2.45) is 39.4 Å². The maximum absolute atomic E-state index is 11.8. The van der Waals surface area contributed by atoms with Crippen LogP contribution in [0.1, 0.15) is 113 Å². The molecule has 0 amide bonds. The molecule has 4 aliphatic carbocycles. The summed E-state index contributed by atoms with van der Waals surface area (Å²) in [5.74, 6) is 1.79. The molecule has 0 aliphatic heterocycles. The molecule has 0 aromatic heterocycles. The molecule has 2 saturated carbocycles. The number of hydrogen-bond acceptors (Lipinski definition) is 3. The fourth-order valence-corrected chi connectivity index (χ4v) is 9.56. The zero-order chi connectivity index (χ0) is 23.5. The highest BCUT2D eigenvalue weighted by Gasteiger charge is 2.63. The van der Waals surface area contributed by atoms with Gasteiger partial charge in [0.25, 0.3) is 0 Å². The van der Waals surface area contributed by atoms with Crippen LogP contribution in [-0.4, -0.2) is 18.4 Å². The lowest BCUT2D eigenvalue weighted by molar-refractivity contribution is -0.167. The Morgan fingerprint density at radius 2 is 1.75 bits per heavy atom. The van der Waals surface area contributed by atoms with Gasteiger partial charge in [0.05, 0.1) is 0 Å². The van der Waals surface area contributed by atoms with Crippen molar-refractivity contribution in [3.05, 3.63) is 11.1 Å². The lowest BCUT2D eigenvalue weighted by Gasteiger charge is -2.62.